The predicted octanol–water partition coefficient (Wildman–Crippen LogP) is 3.81. The van der Waals surface area contributed by atoms with Gasteiger partial charge in [0.05, 0.1) is 16.2 Å². The minimum absolute atomic E-state index is 0.00405. The Labute approximate surface area is 224 Å². The van der Waals surface area contributed by atoms with E-state index in [0.717, 1.165) is 12.6 Å². The maximum absolute atomic E-state index is 14.0. The molecule has 1 saturated heterocycles. The smallest absolute Gasteiger partial charge is 0.348 e. The van der Waals surface area contributed by atoms with E-state index in [1.165, 1.54) is 31.2 Å². The molecule has 37 heavy (non-hydrogen) atoms. The van der Waals surface area contributed by atoms with Gasteiger partial charge in [0.1, 0.15) is 0 Å². The van der Waals surface area contributed by atoms with Gasteiger partial charge in [0, 0.05) is 68.0 Å². The van der Waals surface area contributed by atoms with Crippen LogP contribution in [0.25, 0.3) is 0 Å². The molecule has 0 aromatic heterocycles. The Morgan fingerprint density at radius 1 is 1.08 bits per heavy atom. The zero-order valence-corrected chi connectivity index (χ0v) is 22.6. The topological polar surface area (TPSA) is 95.7 Å². The van der Waals surface area contributed by atoms with Crippen LogP contribution in [0, 0.1) is 0 Å². The molecule has 3 rings (SSSR count). The van der Waals surface area contributed by atoms with Gasteiger partial charge in [0.25, 0.3) is 5.91 Å². The number of piperazine rings is 1. The molecule has 1 heterocycles. The molecule has 7 nitrogen and oxygen atoms in total. The lowest BCUT2D eigenvalue weighted by Gasteiger charge is -2.35. The van der Waals surface area contributed by atoms with Crippen LogP contribution in [0.3, 0.4) is 0 Å². The average molecular weight is 581 g/mol. The van der Waals surface area contributed by atoms with E-state index in [1.54, 1.807) is 0 Å². The fourth-order valence-electron chi connectivity index (χ4n) is 4.18. The van der Waals surface area contributed by atoms with Crippen molar-refractivity contribution < 1.29 is 26.4 Å². The van der Waals surface area contributed by atoms with E-state index in [-0.39, 0.29) is 50.5 Å². The molecule has 0 aliphatic carbocycles. The molecule has 0 unspecified atom stereocenters. The van der Waals surface area contributed by atoms with Crippen LogP contribution in [0.1, 0.15) is 34.0 Å². The monoisotopic (exact) mass is 580 g/mol. The Kier molecular flexibility index (Phi) is 9.87. The number of nitrogens with one attached hydrogen (secondary N) is 1. The number of nitrogens with zero attached hydrogens (tertiary/aromatic N) is 2. The number of carbonyl (C=O) groups is 1. The maximum Gasteiger partial charge on any atom is 0.416 e. The first-order valence-electron chi connectivity index (χ1n) is 11.7. The Morgan fingerprint density at radius 3 is 2.32 bits per heavy atom. The number of nitrogens with two attached hydrogens (primary N) is 1. The van der Waals surface area contributed by atoms with Crippen molar-refractivity contribution in [3.05, 3.63) is 62.6 Å². The second-order valence-corrected chi connectivity index (χ2v) is 11.8. The summed E-state index contributed by atoms with van der Waals surface area (Å²) in [5.74, 6) is -0.988. The summed E-state index contributed by atoms with van der Waals surface area (Å²) in [4.78, 5) is 16.8. The molecule has 0 spiro atoms. The SMILES string of the molecule is CCS(=O)(=O)c1ccc(Cl)cc1CNC(=O)c1cc(Cl)c(CN2CCN(CCN)CC2)c(C(F)(F)F)c1. The van der Waals surface area contributed by atoms with Crippen LogP contribution >= 0.6 is 23.2 Å². The van der Waals surface area contributed by atoms with Crippen molar-refractivity contribution in [1.82, 2.24) is 15.1 Å². The molecule has 13 heteroatoms. The first kappa shape index (κ1) is 29.7. The van der Waals surface area contributed by atoms with E-state index in [1.807, 2.05) is 4.90 Å². The van der Waals surface area contributed by atoms with Crippen LogP contribution < -0.4 is 11.1 Å². The number of benzene rings is 2. The summed E-state index contributed by atoms with van der Waals surface area (Å²) in [6.45, 7) is 4.99. The molecular weight excluding hydrogens is 552 g/mol. The molecule has 3 N–H and O–H groups in total. The Balaban J connectivity index is 1.82. The van der Waals surface area contributed by atoms with E-state index in [2.05, 4.69) is 10.2 Å². The van der Waals surface area contributed by atoms with Gasteiger partial charge in [-0.15, -0.1) is 0 Å². The van der Waals surface area contributed by atoms with E-state index in [4.69, 9.17) is 28.9 Å². The van der Waals surface area contributed by atoms with Crippen LogP contribution in [0.4, 0.5) is 13.2 Å². The van der Waals surface area contributed by atoms with Crippen LogP contribution in [-0.4, -0.2) is 69.1 Å². The molecule has 1 amide bonds. The highest BCUT2D eigenvalue weighted by Gasteiger charge is 2.36. The van der Waals surface area contributed by atoms with E-state index >= 15 is 0 Å². The van der Waals surface area contributed by atoms with E-state index in [9.17, 15) is 26.4 Å². The van der Waals surface area contributed by atoms with E-state index < -0.39 is 27.5 Å². The largest absolute Gasteiger partial charge is 0.416 e. The second-order valence-electron chi connectivity index (χ2n) is 8.73. The van der Waals surface area contributed by atoms with Gasteiger partial charge >= 0.3 is 6.18 Å². The summed E-state index contributed by atoms with van der Waals surface area (Å²) in [5, 5.41) is 2.58. The first-order valence-corrected chi connectivity index (χ1v) is 14.1. The number of carbonyl (C=O) groups excluding carboxylic acids is 1. The fraction of sp³-hybridized carbons (Fsp3) is 0.458. The van der Waals surface area contributed by atoms with Crippen LogP contribution in [-0.2, 0) is 29.1 Å². The third-order valence-corrected chi connectivity index (χ3v) is 8.63. The second kappa shape index (κ2) is 12.3. The number of alkyl halides is 3. The molecular formula is C24H29Cl2F3N4O3S. The van der Waals surface area contributed by atoms with Crippen LogP contribution in [0.15, 0.2) is 35.2 Å². The summed E-state index contributed by atoms with van der Waals surface area (Å²) >= 11 is 12.3. The summed E-state index contributed by atoms with van der Waals surface area (Å²) in [5.41, 5.74) is 4.45. The minimum Gasteiger partial charge on any atom is -0.348 e. The minimum atomic E-state index is -4.73. The number of rotatable bonds is 9. The van der Waals surface area contributed by atoms with Crippen molar-refractivity contribution in [3.63, 3.8) is 0 Å². The van der Waals surface area contributed by atoms with Crippen LogP contribution in [0.5, 0.6) is 0 Å². The number of hydrogen-bond acceptors (Lipinski definition) is 6. The number of hydrogen-bond donors (Lipinski definition) is 2. The van der Waals surface area contributed by atoms with Crippen molar-refractivity contribution in [2.45, 2.75) is 31.1 Å². The van der Waals surface area contributed by atoms with Gasteiger partial charge in [-0.2, -0.15) is 13.2 Å². The molecule has 0 atom stereocenters. The van der Waals surface area contributed by atoms with Gasteiger partial charge < -0.3 is 11.1 Å². The maximum atomic E-state index is 14.0. The summed E-state index contributed by atoms with van der Waals surface area (Å²) in [6.07, 6.45) is -4.73. The van der Waals surface area contributed by atoms with Gasteiger partial charge in [-0.05, 0) is 41.5 Å². The van der Waals surface area contributed by atoms with Gasteiger partial charge in [-0.3, -0.25) is 14.6 Å². The number of sulfone groups is 1. The first-order chi connectivity index (χ1) is 17.4. The lowest BCUT2D eigenvalue weighted by atomic mass is 10.0. The van der Waals surface area contributed by atoms with Crippen molar-refractivity contribution in [3.8, 4) is 0 Å². The molecule has 1 aliphatic heterocycles. The van der Waals surface area contributed by atoms with Gasteiger partial charge in [-0.25, -0.2) is 8.42 Å². The molecule has 1 aliphatic rings. The van der Waals surface area contributed by atoms with Crippen LogP contribution in [0.2, 0.25) is 10.0 Å². The molecule has 0 radical (unpaired) electrons. The lowest BCUT2D eigenvalue weighted by molar-refractivity contribution is -0.138. The van der Waals surface area contributed by atoms with Crippen molar-refractivity contribution >= 4 is 38.9 Å². The highest BCUT2D eigenvalue weighted by Crippen LogP contribution is 2.37. The normalized spacial score (nSPS) is 15.6. The third-order valence-electron chi connectivity index (χ3n) is 6.23. The Bertz CT molecular complexity index is 1230. The molecule has 2 aromatic rings. The fourth-order valence-corrected chi connectivity index (χ4v) is 5.77. The quantitative estimate of drug-likeness (QED) is 0.468. The zero-order valence-electron chi connectivity index (χ0n) is 20.2. The highest BCUT2D eigenvalue weighted by molar-refractivity contribution is 7.91. The Morgan fingerprint density at radius 2 is 1.73 bits per heavy atom. The molecule has 0 bridgehead atoms. The zero-order chi connectivity index (χ0) is 27.4. The summed E-state index contributed by atoms with van der Waals surface area (Å²) < 4.78 is 66.8. The molecule has 204 valence electrons. The standard InChI is InChI=1S/C24H29Cl2F3N4O3S/c1-2-37(35,36)22-4-3-18(25)11-17(22)14-31-23(34)16-12-20(24(27,28)29)19(21(26)13-16)15-33-9-7-32(6-5-30)8-10-33/h3-4,11-13H,2,5-10,14-15,30H2,1H3,(H,31,34). The van der Waals surface area contributed by atoms with Crippen molar-refractivity contribution in [1.29, 1.82) is 0 Å². The molecule has 2 aromatic carbocycles. The predicted molar refractivity (Wildman–Crippen MR) is 138 cm³/mol. The number of halogens is 5. The van der Waals surface area contributed by atoms with Gasteiger partial charge in [-0.1, -0.05) is 30.1 Å². The summed E-state index contributed by atoms with van der Waals surface area (Å²) in [6, 6.07) is 6.14. The number of amides is 1. The van der Waals surface area contributed by atoms with E-state index in [0.29, 0.717) is 32.7 Å². The van der Waals surface area contributed by atoms with Gasteiger partial charge in [0.15, 0.2) is 9.84 Å². The van der Waals surface area contributed by atoms with Gasteiger partial charge in [0.2, 0.25) is 0 Å². The Hall–Kier alpha value is -1.89. The lowest BCUT2D eigenvalue weighted by Crippen LogP contribution is -2.47. The van der Waals surface area contributed by atoms with Crippen molar-refractivity contribution in [2.24, 2.45) is 5.73 Å². The molecule has 0 saturated carbocycles. The highest BCUT2D eigenvalue weighted by atomic mass is 35.5. The third kappa shape index (κ3) is 7.58. The average Bonchev–Trinajstić information content (AvgIpc) is 2.84. The molecule has 1 fully saturated rings. The van der Waals surface area contributed by atoms with Crippen molar-refractivity contribution in [2.75, 3.05) is 45.0 Å². The summed E-state index contributed by atoms with van der Waals surface area (Å²) in [7, 11) is -3.61.